The summed E-state index contributed by atoms with van der Waals surface area (Å²) < 4.78 is 9.55. The van der Waals surface area contributed by atoms with Crippen molar-refractivity contribution in [2.24, 2.45) is 0 Å². The van der Waals surface area contributed by atoms with E-state index in [2.05, 4.69) is 35.5 Å². The van der Waals surface area contributed by atoms with Gasteiger partial charge in [-0.3, -0.25) is 9.78 Å². The van der Waals surface area contributed by atoms with E-state index in [9.17, 15) is 4.79 Å². The number of hydrogen-bond donors (Lipinski definition) is 0. The van der Waals surface area contributed by atoms with E-state index in [1.807, 2.05) is 56.5 Å². The number of ether oxygens (including phenoxy) is 1. The average molecular weight is 511 g/mol. The fourth-order valence-corrected chi connectivity index (χ4v) is 5.01. The number of pyridine rings is 1. The molecule has 0 aliphatic carbocycles. The Balaban J connectivity index is 1.56. The molecule has 194 valence electrons. The Morgan fingerprint density at radius 2 is 1.97 bits per heavy atom. The van der Waals surface area contributed by atoms with Gasteiger partial charge in [-0.15, -0.1) is 0 Å². The number of carbonyl (C=O) groups is 1. The van der Waals surface area contributed by atoms with E-state index in [1.165, 1.54) is 6.20 Å². The number of hydrogen-bond acceptors (Lipinski definition) is 6. The summed E-state index contributed by atoms with van der Waals surface area (Å²) in [5.41, 5.74) is 4.53. The molecule has 10 heteroatoms. The highest BCUT2D eigenvalue weighted by molar-refractivity contribution is 5.98. The van der Waals surface area contributed by atoms with E-state index in [-0.39, 0.29) is 11.9 Å². The molecule has 1 aliphatic heterocycles. The Labute approximate surface area is 221 Å². The van der Waals surface area contributed by atoms with Gasteiger partial charge in [0.25, 0.3) is 5.91 Å². The molecule has 5 rings (SSSR count). The van der Waals surface area contributed by atoms with Crippen molar-refractivity contribution in [3.8, 4) is 11.4 Å². The largest absolute Gasteiger partial charge is 0.505 e. The van der Waals surface area contributed by atoms with Gasteiger partial charge in [-0.2, -0.15) is 5.10 Å². The second-order valence-corrected chi connectivity index (χ2v) is 9.41. The van der Waals surface area contributed by atoms with Gasteiger partial charge in [0.05, 0.1) is 30.6 Å². The Bertz CT molecular complexity index is 1560. The van der Waals surface area contributed by atoms with Crippen molar-refractivity contribution >= 4 is 11.6 Å². The van der Waals surface area contributed by atoms with Gasteiger partial charge < -0.3 is 14.2 Å². The van der Waals surface area contributed by atoms with Crippen molar-refractivity contribution in [2.45, 2.75) is 53.6 Å². The van der Waals surface area contributed by atoms with Crippen LogP contribution in [0.2, 0.25) is 0 Å². The number of benzene rings is 1. The highest BCUT2D eigenvalue weighted by Gasteiger charge is 2.32. The van der Waals surface area contributed by atoms with Crippen LogP contribution in [0.5, 0.6) is 5.75 Å². The molecule has 0 bridgehead atoms. The lowest BCUT2D eigenvalue weighted by Crippen LogP contribution is -2.40. The number of carbonyl (C=O) groups excluding carboxylic acids is 1. The van der Waals surface area contributed by atoms with Crippen LogP contribution in [0.25, 0.3) is 10.5 Å². The topological polar surface area (TPSA) is 95.3 Å². The number of fused-ring (bicyclic) bond motifs is 1. The lowest BCUT2D eigenvalue weighted by Gasteiger charge is -2.34. The van der Waals surface area contributed by atoms with Crippen LogP contribution >= 0.6 is 0 Å². The highest BCUT2D eigenvalue weighted by Crippen LogP contribution is 2.34. The maximum atomic E-state index is 14.0. The van der Waals surface area contributed by atoms with Crippen LogP contribution < -0.4 is 4.74 Å². The summed E-state index contributed by atoms with van der Waals surface area (Å²) in [7, 11) is 0. The molecule has 1 aromatic carbocycles. The summed E-state index contributed by atoms with van der Waals surface area (Å²) in [5.74, 6) is 2.78. The van der Waals surface area contributed by atoms with Crippen LogP contribution in [0.4, 0.5) is 5.69 Å². The Kier molecular flexibility index (Phi) is 6.68. The van der Waals surface area contributed by atoms with Crippen molar-refractivity contribution in [3.05, 3.63) is 88.1 Å². The summed E-state index contributed by atoms with van der Waals surface area (Å²) >= 11 is 0. The number of nitrogens with zero attached hydrogens (tertiary/aromatic N) is 8. The van der Waals surface area contributed by atoms with Crippen molar-refractivity contribution in [3.63, 3.8) is 0 Å². The third-order valence-electron chi connectivity index (χ3n) is 6.94. The normalized spacial score (nSPS) is 13.8. The van der Waals surface area contributed by atoms with Gasteiger partial charge in [0, 0.05) is 37.2 Å². The standard InChI is InChI=1S/C28H30N8O2/c1-7-38-27-14-24(31-15-25(27)29-6)17(2)35-10-8-22-23(28(35)37)12-21(16-34-11-9-30-19(34)4)13-26(22)36-20(5)32-18(3)33-36/h9,11-15,17H,7-8,10,16H2,1-5H3/t17-/m0/s1. The van der Waals surface area contributed by atoms with Gasteiger partial charge in [0.1, 0.15) is 23.2 Å². The molecule has 0 saturated carbocycles. The predicted octanol–water partition coefficient (Wildman–Crippen LogP) is 4.54. The molecule has 4 aromatic rings. The van der Waals surface area contributed by atoms with E-state index < -0.39 is 0 Å². The van der Waals surface area contributed by atoms with Gasteiger partial charge in [-0.25, -0.2) is 19.5 Å². The van der Waals surface area contributed by atoms with Crippen molar-refractivity contribution in [1.82, 2.24) is 34.2 Å². The van der Waals surface area contributed by atoms with E-state index in [0.29, 0.717) is 54.6 Å². The number of amides is 1. The van der Waals surface area contributed by atoms with Crippen molar-refractivity contribution in [2.75, 3.05) is 13.2 Å². The lowest BCUT2D eigenvalue weighted by atomic mass is 9.93. The van der Waals surface area contributed by atoms with Crippen LogP contribution in [0.15, 0.2) is 36.8 Å². The zero-order valence-corrected chi connectivity index (χ0v) is 22.3. The van der Waals surface area contributed by atoms with Gasteiger partial charge in [-0.05, 0) is 70.4 Å². The minimum Gasteiger partial charge on any atom is -0.505 e. The first kappa shape index (κ1) is 25.1. The molecule has 38 heavy (non-hydrogen) atoms. The number of aromatic nitrogens is 6. The van der Waals surface area contributed by atoms with E-state index in [4.69, 9.17) is 11.3 Å². The molecule has 4 heterocycles. The number of aryl methyl sites for hydroxylation is 3. The molecular formula is C28H30N8O2. The summed E-state index contributed by atoms with van der Waals surface area (Å²) in [4.78, 5) is 32.7. The Morgan fingerprint density at radius 1 is 1.16 bits per heavy atom. The molecule has 0 unspecified atom stereocenters. The number of imidazole rings is 1. The summed E-state index contributed by atoms with van der Waals surface area (Å²) in [5, 5.41) is 4.63. The quantitative estimate of drug-likeness (QED) is 0.339. The molecule has 0 radical (unpaired) electrons. The minimum absolute atomic E-state index is 0.0623. The van der Waals surface area contributed by atoms with Crippen molar-refractivity contribution in [1.29, 1.82) is 0 Å². The monoisotopic (exact) mass is 510 g/mol. The predicted molar refractivity (Wildman–Crippen MR) is 142 cm³/mol. The van der Waals surface area contributed by atoms with Gasteiger partial charge in [-0.1, -0.05) is 0 Å². The summed E-state index contributed by atoms with van der Waals surface area (Å²) in [6.07, 6.45) is 5.90. The number of rotatable bonds is 7. The minimum atomic E-state index is -0.298. The van der Waals surface area contributed by atoms with Gasteiger partial charge in [0.2, 0.25) is 5.69 Å². The second kappa shape index (κ2) is 10.1. The fraction of sp³-hybridized carbons (Fsp3) is 0.357. The third-order valence-corrected chi connectivity index (χ3v) is 6.94. The van der Waals surface area contributed by atoms with Crippen LogP contribution in [-0.2, 0) is 13.0 Å². The van der Waals surface area contributed by atoms with E-state index in [0.717, 1.165) is 28.5 Å². The zero-order valence-electron chi connectivity index (χ0n) is 22.3. The lowest BCUT2D eigenvalue weighted by molar-refractivity contribution is 0.0668. The maximum Gasteiger partial charge on any atom is 0.254 e. The molecule has 1 atom stereocenters. The summed E-state index contributed by atoms with van der Waals surface area (Å²) in [6, 6.07) is 5.56. The Hall–Kier alpha value is -4.52. The zero-order chi connectivity index (χ0) is 27.0. The fourth-order valence-electron chi connectivity index (χ4n) is 5.01. The van der Waals surface area contributed by atoms with Crippen LogP contribution in [0.3, 0.4) is 0 Å². The van der Waals surface area contributed by atoms with E-state index in [1.54, 1.807) is 12.3 Å². The first-order chi connectivity index (χ1) is 18.3. The van der Waals surface area contributed by atoms with E-state index >= 15 is 0 Å². The molecular weight excluding hydrogens is 480 g/mol. The molecule has 10 nitrogen and oxygen atoms in total. The first-order valence-corrected chi connectivity index (χ1v) is 12.7. The third kappa shape index (κ3) is 4.52. The van der Waals surface area contributed by atoms with Crippen LogP contribution in [0.1, 0.15) is 64.5 Å². The molecule has 1 amide bonds. The highest BCUT2D eigenvalue weighted by atomic mass is 16.5. The SMILES string of the molecule is [C-]#[N+]c1cnc([C@H](C)N2CCc3c(cc(Cn4ccnc4C)cc3-n3nc(C)nc3C)C2=O)cc1OCC. The maximum absolute atomic E-state index is 14.0. The molecule has 0 fully saturated rings. The van der Waals surface area contributed by atoms with Gasteiger partial charge in [0.15, 0.2) is 0 Å². The van der Waals surface area contributed by atoms with Gasteiger partial charge >= 0.3 is 0 Å². The molecule has 0 saturated heterocycles. The molecule has 0 spiro atoms. The molecule has 3 aromatic heterocycles. The first-order valence-electron chi connectivity index (χ1n) is 12.7. The van der Waals surface area contributed by atoms with Crippen LogP contribution in [-0.4, -0.2) is 53.3 Å². The molecule has 1 aliphatic rings. The Morgan fingerprint density at radius 3 is 2.63 bits per heavy atom. The smallest absolute Gasteiger partial charge is 0.254 e. The average Bonchev–Trinajstić information content (AvgIpc) is 3.47. The summed E-state index contributed by atoms with van der Waals surface area (Å²) in [6.45, 7) is 18.5. The second-order valence-electron chi connectivity index (χ2n) is 9.41. The molecule has 0 N–H and O–H groups in total. The van der Waals surface area contributed by atoms with Crippen LogP contribution in [0, 0.1) is 27.3 Å². The van der Waals surface area contributed by atoms with Crippen molar-refractivity contribution < 1.29 is 9.53 Å².